The molecule has 0 bridgehead atoms. The van der Waals surface area contributed by atoms with E-state index >= 15 is 0 Å². The fourth-order valence-corrected chi connectivity index (χ4v) is 4.50. The van der Waals surface area contributed by atoms with Crippen LogP contribution in [0.1, 0.15) is 51.6 Å². The second-order valence-corrected chi connectivity index (χ2v) is 8.56. The molecule has 7 nitrogen and oxygen atoms in total. The topological polar surface area (TPSA) is 66.1 Å². The summed E-state index contributed by atoms with van der Waals surface area (Å²) in [5.41, 5.74) is 1.01. The highest BCUT2D eigenvalue weighted by atomic mass is 16.5. The van der Waals surface area contributed by atoms with E-state index in [1.165, 1.54) is 32.1 Å². The number of ether oxygens (including phenoxy) is 1. The smallest absolute Gasteiger partial charge is 0.193 e. The molecular formula is C20H35N5O2. The molecule has 1 aromatic heterocycles. The number of rotatable bonds is 5. The van der Waals surface area contributed by atoms with Crippen molar-refractivity contribution in [3.8, 4) is 0 Å². The number of nitrogens with one attached hydrogen (secondary N) is 1. The summed E-state index contributed by atoms with van der Waals surface area (Å²) in [5, 5.41) is 7.66. The van der Waals surface area contributed by atoms with Crippen LogP contribution in [-0.4, -0.2) is 72.4 Å². The van der Waals surface area contributed by atoms with E-state index in [1.807, 2.05) is 20.2 Å². The molecule has 1 saturated heterocycles. The van der Waals surface area contributed by atoms with Gasteiger partial charge in [0.25, 0.3) is 0 Å². The summed E-state index contributed by atoms with van der Waals surface area (Å²) in [5.74, 6) is 0.899. The normalized spacial score (nSPS) is 23.2. The molecule has 1 aromatic rings. The van der Waals surface area contributed by atoms with Gasteiger partial charge in [0.15, 0.2) is 5.96 Å². The number of guanidine groups is 1. The Morgan fingerprint density at radius 1 is 1.33 bits per heavy atom. The minimum absolute atomic E-state index is 0.0753. The molecule has 3 rings (SSSR count). The average molecular weight is 378 g/mol. The molecule has 1 aliphatic carbocycles. The van der Waals surface area contributed by atoms with Crippen LogP contribution >= 0.6 is 0 Å². The molecule has 0 atom stereocenters. The van der Waals surface area contributed by atoms with Crippen molar-refractivity contribution in [2.45, 2.75) is 63.6 Å². The molecule has 0 radical (unpaired) electrons. The van der Waals surface area contributed by atoms with Gasteiger partial charge in [0, 0.05) is 45.3 Å². The number of aromatic nitrogens is 1. The molecule has 27 heavy (non-hydrogen) atoms. The standard InChI is InChI=1S/C20H35N5O2/c1-19(2)16-25(11-13-26-19)20(9-6-5-7-10-20)15-22-18(21-3)24(4)14-17-8-12-27-23-17/h8,12H,5-7,9-11,13-16H2,1-4H3,(H,21,22). The van der Waals surface area contributed by atoms with Crippen molar-refractivity contribution in [3.05, 3.63) is 18.0 Å². The molecule has 1 N–H and O–H groups in total. The number of aliphatic imine (C=N–C) groups is 1. The Morgan fingerprint density at radius 2 is 2.11 bits per heavy atom. The number of hydrogen-bond acceptors (Lipinski definition) is 5. The van der Waals surface area contributed by atoms with Gasteiger partial charge in [-0.2, -0.15) is 0 Å². The summed E-state index contributed by atoms with van der Waals surface area (Å²) in [4.78, 5) is 9.26. The summed E-state index contributed by atoms with van der Waals surface area (Å²) in [6, 6.07) is 1.89. The molecule has 2 fully saturated rings. The van der Waals surface area contributed by atoms with Crippen LogP contribution in [0.4, 0.5) is 0 Å². The third-order valence-corrected chi connectivity index (χ3v) is 5.92. The van der Waals surface area contributed by atoms with Crippen molar-refractivity contribution in [3.63, 3.8) is 0 Å². The van der Waals surface area contributed by atoms with E-state index in [0.717, 1.165) is 37.9 Å². The van der Waals surface area contributed by atoms with Crippen molar-refractivity contribution in [2.75, 3.05) is 40.3 Å². The van der Waals surface area contributed by atoms with Gasteiger partial charge in [-0.25, -0.2) is 0 Å². The van der Waals surface area contributed by atoms with E-state index in [9.17, 15) is 0 Å². The second kappa shape index (κ2) is 8.61. The van der Waals surface area contributed by atoms with Crippen LogP contribution in [0, 0.1) is 0 Å². The highest BCUT2D eigenvalue weighted by Gasteiger charge is 2.42. The average Bonchev–Trinajstić information content (AvgIpc) is 3.15. The minimum atomic E-state index is -0.0753. The first-order valence-corrected chi connectivity index (χ1v) is 10.1. The molecule has 0 spiro atoms. The van der Waals surface area contributed by atoms with Gasteiger partial charge in [-0.1, -0.05) is 24.4 Å². The fourth-order valence-electron chi connectivity index (χ4n) is 4.50. The number of morpholine rings is 1. The number of nitrogens with zero attached hydrogens (tertiary/aromatic N) is 4. The summed E-state index contributed by atoms with van der Waals surface area (Å²) in [6.45, 7) is 8.81. The molecular weight excluding hydrogens is 342 g/mol. The van der Waals surface area contributed by atoms with Crippen molar-refractivity contribution in [2.24, 2.45) is 4.99 Å². The maximum Gasteiger partial charge on any atom is 0.193 e. The van der Waals surface area contributed by atoms with Gasteiger partial charge in [0.2, 0.25) is 0 Å². The van der Waals surface area contributed by atoms with Crippen LogP contribution in [0.3, 0.4) is 0 Å². The zero-order valence-corrected chi connectivity index (χ0v) is 17.3. The van der Waals surface area contributed by atoms with E-state index in [0.29, 0.717) is 6.54 Å². The maximum absolute atomic E-state index is 5.97. The third-order valence-electron chi connectivity index (χ3n) is 5.92. The van der Waals surface area contributed by atoms with Crippen LogP contribution in [-0.2, 0) is 11.3 Å². The summed E-state index contributed by atoms with van der Waals surface area (Å²) >= 11 is 0. The van der Waals surface area contributed by atoms with Gasteiger partial charge >= 0.3 is 0 Å². The zero-order chi connectivity index (χ0) is 19.3. The molecule has 1 saturated carbocycles. The van der Waals surface area contributed by atoms with Crippen molar-refractivity contribution < 1.29 is 9.26 Å². The maximum atomic E-state index is 5.97. The van der Waals surface area contributed by atoms with Crippen LogP contribution in [0.15, 0.2) is 21.8 Å². The summed E-state index contributed by atoms with van der Waals surface area (Å²) in [6.07, 6.45) is 8.02. The van der Waals surface area contributed by atoms with Crippen LogP contribution < -0.4 is 5.32 Å². The lowest BCUT2D eigenvalue weighted by Gasteiger charge is -2.51. The highest BCUT2D eigenvalue weighted by Crippen LogP contribution is 2.36. The van der Waals surface area contributed by atoms with E-state index in [2.05, 4.69) is 39.1 Å². The Bertz CT molecular complexity index is 608. The minimum Gasteiger partial charge on any atom is -0.373 e. The SMILES string of the molecule is CN=C(NCC1(N2CCOC(C)(C)C2)CCCCC1)N(C)Cc1ccon1. The molecule has 152 valence electrons. The van der Waals surface area contributed by atoms with Gasteiger partial charge in [-0.15, -0.1) is 0 Å². The lowest BCUT2D eigenvalue weighted by molar-refractivity contribution is -0.122. The van der Waals surface area contributed by atoms with Gasteiger partial charge in [0.1, 0.15) is 12.0 Å². The zero-order valence-electron chi connectivity index (χ0n) is 17.3. The van der Waals surface area contributed by atoms with Gasteiger partial charge in [-0.05, 0) is 26.7 Å². The lowest BCUT2D eigenvalue weighted by atomic mass is 9.79. The summed E-state index contributed by atoms with van der Waals surface area (Å²) in [7, 11) is 3.88. The first-order valence-electron chi connectivity index (χ1n) is 10.1. The predicted molar refractivity (Wildman–Crippen MR) is 107 cm³/mol. The van der Waals surface area contributed by atoms with Crippen molar-refractivity contribution in [1.29, 1.82) is 0 Å². The predicted octanol–water partition coefficient (Wildman–Crippen LogP) is 2.50. The number of hydrogen-bond donors (Lipinski definition) is 1. The third kappa shape index (κ3) is 5.02. The molecule has 0 amide bonds. The monoisotopic (exact) mass is 377 g/mol. The Balaban J connectivity index is 1.66. The lowest BCUT2D eigenvalue weighted by Crippen LogP contribution is -2.63. The summed E-state index contributed by atoms with van der Waals surface area (Å²) < 4.78 is 10.9. The van der Waals surface area contributed by atoms with Gasteiger partial charge in [-0.3, -0.25) is 9.89 Å². The van der Waals surface area contributed by atoms with Crippen molar-refractivity contribution in [1.82, 2.24) is 20.3 Å². The van der Waals surface area contributed by atoms with Gasteiger partial charge in [0.05, 0.1) is 18.8 Å². The Hall–Kier alpha value is -1.60. The Labute approximate surface area is 163 Å². The molecule has 2 heterocycles. The van der Waals surface area contributed by atoms with Crippen LogP contribution in [0.2, 0.25) is 0 Å². The van der Waals surface area contributed by atoms with E-state index in [1.54, 1.807) is 6.26 Å². The second-order valence-electron chi connectivity index (χ2n) is 8.56. The van der Waals surface area contributed by atoms with Gasteiger partial charge < -0.3 is 19.5 Å². The molecule has 0 aromatic carbocycles. The molecule has 0 unspecified atom stereocenters. The van der Waals surface area contributed by atoms with Crippen LogP contribution in [0.25, 0.3) is 0 Å². The van der Waals surface area contributed by atoms with E-state index in [4.69, 9.17) is 9.26 Å². The Kier molecular flexibility index (Phi) is 6.42. The Morgan fingerprint density at radius 3 is 2.74 bits per heavy atom. The van der Waals surface area contributed by atoms with Crippen LogP contribution in [0.5, 0.6) is 0 Å². The molecule has 7 heteroatoms. The first kappa shape index (κ1) is 20.1. The van der Waals surface area contributed by atoms with E-state index < -0.39 is 0 Å². The largest absolute Gasteiger partial charge is 0.373 e. The first-order chi connectivity index (χ1) is 12.9. The molecule has 1 aliphatic heterocycles. The molecule has 2 aliphatic rings. The van der Waals surface area contributed by atoms with Crippen molar-refractivity contribution >= 4 is 5.96 Å². The quantitative estimate of drug-likeness (QED) is 0.628. The van der Waals surface area contributed by atoms with E-state index in [-0.39, 0.29) is 11.1 Å². The highest BCUT2D eigenvalue weighted by molar-refractivity contribution is 5.79. The fraction of sp³-hybridized carbons (Fsp3) is 0.800.